The van der Waals surface area contributed by atoms with Crippen LogP contribution in [0.4, 0.5) is 0 Å². The van der Waals surface area contributed by atoms with E-state index >= 15 is 0 Å². The summed E-state index contributed by atoms with van der Waals surface area (Å²) in [6.45, 7) is 6.88. The minimum absolute atomic E-state index is 0.275. The average molecular weight is 488 g/mol. The maximum absolute atomic E-state index is 11.1. The highest BCUT2D eigenvalue weighted by Gasteiger charge is 2.54. The number of fused-ring (bicyclic) bond motifs is 1. The van der Waals surface area contributed by atoms with Gasteiger partial charge in [-0.2, -0.15) is 0 Å². The fourth-order valence-corrected chi connectivity index (χ4v) is 5.32. The number of carbonyl (C=O) groups excluding carboxylic acids is 1. The maximum Gasteiger partial charge on any atom is 0.167 e. The highest BCUT2D eigenvalue weighted by atomic mass is 16.5. The van der Waals surface area contributed by atoms with Crippen molar-refractivity contribution < 1.29 is 14.4 Å². The highest BCUT2D eigenvalue weighted by Crippen LogP contribution is 2.51. The Hall–Kier alpha value is -3.25. The summed E-state index contributed by atoms with van der Waals surface area (Å²) in [4.78, 5) is 17.8. The summed E-state index contributed by atoms with van der Waals surface area (Å²) in [6.07, 6.45) is 4.38. The molecule has 1 aliphatic heterocycles. The number of aliphatic hydroxyl groups is 1. The predicted molar refractivity (Wildman–Crippen MR) is 136 cm³/mol. The average Bonchev–Trinajstić information content (AvgIpc) is 3.36. The zero-order valence-corrected chi connectivity index (χ0v) is 20.8. The molecular weight excluding hydrogens is 454 g/mol. The van der Waals surface area contributed by atoms with Gasteiger partial charge in [-0.15, -0.1) is 0 Å². The third-order valence-corrected chi connectivity index (χ3v) is 7.33. The van der Waals surface area contributed by atoms with Crippen molar-refractivity contribution in [1.29, 1.82) is 0 Å². The normalized spacial score (nSPS) is 22.5. The van der Waals surface area contributed by atoms with Crippen LogP contribution < -0.4 is 5.73 Å². The van der Waals surface area contributed by atoms with Crippen molar-refractivity contribution in [3.8, 4) is 23.2 Å². The van der Waals surface area contributed by atoms with E-state index in [1.54, 1.807) is 26.2 Å². The molecule has 2 aliphatic rings. The molecule has 1 aliphatic carbocycles. The molecule has 188 valence electrons. The first-order valence-electron chi connectivity index (χ1n) is 12.7. The number of nitrogens with two attached hydrogens (primary N) is 1. The van der Waals surface area contributed by atoms with Crippen LogP contribution in [0.5, 0.6) is 0 Å². The second-order valence-electron chi connectivity index (χ2n) is 10.0. The van der Waals surface area contributed by atoms with Crippen LogP contribution in [0.1, 0.15) is 55.9 Å². The van der Waals surface area contributed by atoms with Crippen LogP contribution in [0, 0.1) is 29.6 Å². The zero-order valence-electron chi connectivity index (χ0n) is 20.8. The van der Waals surface area contributed by atoms with Crippen LogP contribution in [0.3, 0.4) is 0 Å². The van der Waals surface area contributed by atoms with Crippen molar-refractivity contribution in [3.05, 3.63) is 59.8 Å². The van der Waals surface area contributed by atoms with Crippen molar-refractivity contribution >= 4 is 5.78 Å². The summed E-state index contributed by atoms with van der Waals surface area (Å²) >= 11 is 0. The number of Topliss-reactive ketones (excluding diaryl/α,β-unsaturated/α-hetero) is 1. The van der Waals surface area contributed by atoms with Gasteiger partial charge in [0.2, 0.25) is 0 Å². The van der Waals surface area contributed by atoms with Gasteiger partial charge in [-0.1, -0.05) is 17.0 Å². The molecule has 8 heteroatoms. The summed E-state index contributed by atoms with van der Waals surface area (Å²) in [6, 6.07) is 9.63. The van der Waals surface area contributed by atoms with Crippen LogP contribution >= 0.6 is 0 Å². The number of aliphatic hydroxyl groups excluding tert-OH is 1. The summed E-state index contributed by atoms with van der Waals surface area (Å²) in [5, 5.41) is 14.2. The molecule has 1 aromatic carbocycles. The van der Waals surface area contributed by atoms with Gasteiger partial charge in [0.05, 0.1) is 6.04 Å². The Morgan fingerprint density at radius 1 is 1.28 bits per heavy atom. The highest BCUT2D eigenvalue weighted by molar-refractivity contribution is 5.75. The van der Waals surface area contributed by atoms with E-state index in [0.717, 1.165) is 37.2 Å². The first kappa shape index (κ1) is 24.4. The van der Waals surface area contributed by atoms with E-state index in [0.29, 0.717) is 48.0 Å². The molecule has 3 aromatic rings. The quantitative estimate of drug-likeness (QED) is 0.446. The SMILES string of the molecule is CC(=O)CCCN1C[C@@H]2C(C#Cc3ccc(-c4cc([C@@H](CN)n5ccnc5[C@H](C)O)no4)cc3)[C@@H]2C1. The monoisotopic (exact) mass is 487 g/mol. The molecule has 0 amide bonds. The molecule has 2 aromatic heterocycles. The second-order valence-corrected chi connectivity index (χ2v) is 10.0. The lowest BCUT2D eigenvalue weighted by molar-refractivity contribution is -0.117. The number of aromatic nitrogens is 3. The molecule has 1 saturated heterocycles. The van der Waals surface area contributed by atoms with E-state index in [1.165, 1.54) is 0 Å². The van der Waals surface area contributed by atoms with Crippen molar-refractivity contribution in [2.75, 3.05) is 26.2 Å². The fourth-order valence-electron chi connectivity index (χ4n) is 5.32. The predicted octanol–water partition coefficient (Wildman–Crippen LogP) is 3.04. The van der Waals surface area contributed by atoms with Crippen molar-refractivity contribution in [2.24, 2.45) is 23.5 Å². The van der Waals surface area contributed by atoms with Gasteiger partial charge in [-0.3, -0.25) is 0 Å². The lowest BCUT2D eigenvalue weighted by Crippen LogP contribution is -2.25. The summed E-state index contributed by atoms with van der Waals surface area (Å²) in [5.41, 5.74) is 8.62. The Bertz CT molecular complexity index is 1250. The molecule has 5 rings (SSSR count). The molecule has 5 atom stereocenters. The van der Waals surface area contributed by atoms with Gasteiger partial charge >= 0.3 is 0 Å². The lowest BCUT2D eigenvalue weighted by Gasteiger charge is -2.17. The van der Waals surface area contributed by atoms with Crippen LogP contribution in [-0.4, -0.2) is 56.7 Å². The van der Waals surface area contributed by atoms with Crippen molar-refractivity contribution in [3.63, 3.8) is 0 Å². The smallest absolute Gasteiger partial charge is 0.167 e. The number of hydrogen-bond acceptors (Lipinski definition) is 7. The Morgan fingerprint density at radius 3 is 2.69 bits per heavy atom. The van der Waals surface area contributed by atoms with Crippen LogP contribution in [-0.2, 0) is 4.79 Å². The number of hydrogen-bond donors (Lipinski definition) is 2. The van der Waals surface area contributed by atoms with E-state index in [1.807, 2.05) is 34.9 Å². The Balaban J connectivity index is 1.18. The molecule has 8 nitrogen and oxygen atoms in total. The number of ketones is 1. The van der Waals surface area contributed by atoms with E-state index < -0.39 is 6.10 Å². The van der Waals surface area contributed by atoms with Crippen LogP contribution in [0.2, 0.25) is 0 Å². The second kappa shape index (κ2) is 10.4. The number of piperidine rings is 1. The summed E-state index contributed by atoms with van der Waals surface area (Å²) in [5.74, 6) is 10.2. The zero-order chi connectivity index (χ0) is 25.2. The number of likely N-dealkylation sites (tertiary alicyclic amines) is 1. The summed E-state index contributed by atoms with van der Waals surface area (Å²) in [7, 11) is 0. The van der Waals surface area contributed by atoms with E-state index in [4.69, 9.17) is 10.3 Å². The van der Waals surface area contributed by atoms with Crippen molar-refractivity contribution in [2.45, 2.75) is 38.8 Å². The van der Waals surface area contributed by atoms with Crippen LogP contribution in [0.15, 0.2) is 47.2 Å². The number of benzene rings is 1. The van der Waals surface area contributed by atoms with Crippen molar-refractivity contribution in [1.82, 2.24) is 19.6 Å². The molecule has 36 heavy (non-hydrogen) atoms. The number of carbonyl (C=O) groups is 1. The molecule has 2 fully saturated rings. The van der Waals surface area contributed by atoms with Gasteiger partial charge in [-0.05, 0) is 62.9 Å². The minimum atomic E-state index is -0.707. The molecule has 0 bridgehead atoms. The van der Waals surface area contributed by atoms with Gasteiger partial charge in [0, 0.05) is 61.6 Å². The number of imidazole rings is 1. The lowest BCUT2D eigenvalue weighted by atomic mass is 10.1. The van der Waals surface area contributed by atoms with Gasteiger partial charge in [0.1, 0.15) is 23.4 Å². The van der Waals surface area contributed by atoms with E-state index in [9.17, 15) is 9.90 Å². The molecule has 0 spiro atoms. The fraction of sp³-hybridized carbons (Fsp3) is 0.464. The standard InChI is InChI=1S/C28H33N5O3/c1-18(34)4-3-12-32-16-23-22(24(23)17-32)10-7-20-5-8-21(9-6-20)27-14-25(31-36-27)26(15-29)33-13-11-30-28(33)19(2)35/h5-6,8-9,11,13-14,19,22-24,26,35H,3-4,12,15-17,29H2,1-2H3/t19-,22?,23-,24+,26+/m0/s1. The van der Waals surface area contributed by atoms with E-state index in [2.05, 4.69) is 26.9 Å². The van der Waals surface area contributed by atoms with Gasteiger partial charge in [0.15, 0.2) is 5.76 Å². The molecule has 0 radical (unpaired) electrons. The minimum Gasteiger partial charge on any atom is -0.385 e. The third kappa shape index (κ3) is 5.14. The largest absolute Gasteiger partial charge is 0.385 e. The van der Waals surface area contributed by atoms with Gasteiger partial charge in [0.25, 0.3) is 0 Å². The Labute approximate surface area is 211 Å². The number of rotatable bonds is 9. The Morgan fingerprint density at radius 2 is 2.03 bits per heavy atom. The first-order valence-corrected chi connectivity index (χ1v) is 12.7. The molecule has 3 heterocycles. The molecule has 1 saturated carbocycles. The Kier molecular flexibility index (Phi) is 7.06. The van der Waals surface area contributed by atoms with Crippen LogP contribution in [0.25, 0.3) is 11.3 Å². The first-order chi connectivity index (χ1) is 17.4. The molecule has 1 unspecified atom stereocenters. The van der Waals surface area contributed by atoms with Gasteiger partial charge < -0.3 is 29.6 Å². The summed E-state index contributed by atoms with van der Waals surface area (Å²) < 4.78 is 7.46. The molecule has 3 N–H and O–H groups in total. The topological polar surface area (TPSA) is 110 Å². The third-order valence-electron chi connectivity index (χ3n) is 7.33. The van der Waals surface area contributed by atoms with Gasteiger partial charge in [-0.25, -0.2) is 4.98 Å². The molecular formula is C28H33N5O3. The van der Waals surface area contributed by atoms with E-state index in [-0.39, 0.29) is 11.8 Å². The maximum atomic E-state index is 11.1. The number of nitrogens with zero attached hydrogens (tertiary/aromatic N) is 4.